The van der Waals surface area contributed by atoms with Crippen molar-refractivity contribution in [2.75, 3.05) is 0 Å². The van der Waals surface area contributed by atoms with E-state index in [1.54, 1.807) is 11.3 Å². The zero-order chi connectivity index (χ0) is 11.3. The zero-order valence-electron chi connectivity index (χ0n) is 9.14. The second-order valence-electron chi connectivity index (χ2n) is 4.66. The lowest BCUT2D eigenvalue weighted by Gasteiger charge is -2.29. The van der Waals surface area contributed by atoms with Gasteiger partial charge in [-0.1, -0.05) is 0 Å². The molecule has 1 saturated carbocycles. The molecule has 0 unspecified atom stereocenters. The van der Waals surface area contributed by atoms with Crippen LogP contribution in [0.25, 0.3) is 0 Å². The molecule has 3 rings (SSSR count). The molecule has 1 atom stereocenters. The molecule has 1 aromatic rings. The zero-order valence-corrected chi connectivity index (χ0v) is 9.96. The van der Waals surface area contributed by atoms with Gasteiger partial charge in [-0.05, 0) is 19.8 Å². The molecular weight excluding hydrogens is 224 g/mol. The van der Waals surface area contributed by atoms with Crippen molar-refractivity contribution < 1.29 is 9.90 Å². The Labute approximate surface area is 97.9 Å². The number of thiazole rings is 1. The molecule has 0 saturated heterocycles. The van der Waals surface area contributed by atoms with Crippen molar-refractivity contribution in [2.24, 2.45) is 0 Å². The Kier molecular flexibility index (Phi) is 2.17. The Morgan fingerprint density at radius 3 is 2.94 bits per heavy atom. The number of hydrogen-bond acceptors (Lipinski definition) is 3. The summed E-state index contributed by atoms with van der Waals surface area (Å²) in [5.41, 5.74) is 1.14. The minimum Gasteiger partial charge on any atom is -0.465 e. The second kappa shape index (κ2) is 3.45. The van der Waals surface area contributed by atoms with E-state index in [-0.39, 0.29) is 6.04 Å². The Morgan fingerprint density at radius 1 is 1.56 bits per heavy atom. The molecule has 2 aliphatic rings. The Hall–Kier alpha value is -1.10. The van der Waals surface area contributed by atoms with Gasteiger partial charge in [-0.25, -0.2) is 9.78 Å². The van der Waals surface area contributed by atoms with Crippen LogP contribution in [0.1, 0.15) is 41.3 Å². The van der Waals surface area contributed by atoms with E-state index in [4.69, 9.17) is 5.11 Å². The number of carbonyl (C=O) groups is 1. The van der Waals surface area contributed by atoms with E-state index in [0.29, 0.717) is 12.5 Å². The highest BCUT2D eigenvalue weighted by Crippen LogP contribution is 2.43. The number of hydrogen-bond donors (Lipinski definition) is 1. The average Bonchev–Trinajstić information content (AvgIpc) is 2.98. The van der Waals surface area contributed by atoms with Gasteiger partial charge in [0.05, 0.1) is 17.2 Å². The Bertz CT molecular complexity index is 439. The summed E-state index contributed by atoms with van der Waals surface area (Å²) in [5.74, 6) is 0.671. The molecule has 1 aliphatic carbocycles. The summed E-state index contributed by atoms with van der Waals surface area (Å²) in [6, 6.07) is 0.0548. The van der Waals surface area contributed by atoms with Crippen molar-refractivity contribution in [1.29, 1.82) is 0 Å². The minimum absolute atomic E-state index is 0.0548. The van der Waals surface area contributed by atoms with Crippen molar-refractivity contribution in [3.63, 3.8) is 0 Å². The lowest BCUT2D eigenvalue weighted by atomic mass is 10.1. The van der Waals surface area contributed by atoms with Crippen LogP contribution in [-0.2, 0) is 13.0 Å². The van der Waals surface area contributed by atoms with Gasteiger partial charge in [0.15, 0.2) is 0 Å². The summed E-state index contributed by atoms with van der Waals surface area (Å²) in [7, 11) is 0. The number of nitrogens with zero attached hydrogens (tertiary/aromatic N) is 2. The third-order valence-corrected chi connectivity index (χ3v) is 4.55. The van der Waals surface area contributed by atoms with E-state index in [1.165, 1.54) is 22.7 Å². The van der Waals surface area contributed by atoms with Gasteiger partial charge in [0.1, 0.15) is 0 Å². The highest BCUT2D eigenvalue weighted by molar-refractivity contribution is 7.11. The van der Waals surface area contributed by atoms with Gasteiger partial charge >= 0.3 is 6.09 Å². The molecule has 0 spiro atoms. The summed E-state index contributed by atoms with van der Waals surface area (Å²) >= 11 is 1.71. The van der Waals surface area contributed by atoms with Crippen molar-refractivity contribution in [1.82, 2.24) is 9.88 Å². The van der Waals surface area contributed by atoms with Crippen molar-refractivity contribution in [3.05, 3.63) is 15.6 Å². The van der Waals surface area contributed by atoms with Gasteiger partial charge in [-0.15, -0.1) is 11.3 Å². The number of aromatic nitrogens is 1. The second-order valence-corrected chi connectivity index (χ2v) is 5.78. The lowest BCUT2D eigenvalue weighted by molar-refractivity contribution is 0.120. The van der Waals surface area contributed by atoms with Crippen LogP contribution in [0.4, 0.5) is 4.79 Å². The standard InChI is InChI=1S/C11H14N2O2S/c1-6-4-8-9(5-13(6)11(14)15)16-10(12-8)7-2-3-7/h6-7H,2-5H2,1H3,(H,14,15)/t6-/m1/s1. The lowest BCUT2D eigenvalue weighted by Crippen LogP contribution is -2.41. The van der Waals surface area contributed by atoms with Gasteiger partial charge in [0.25, 0.3) is 0 Å². The summed E-state index contributed by atoms with van der Waals surface area (Å²) < 4.78 is 0. The van der Waals surface area contributed by atoms with E-state index in [1.807, 2.05) is 6.92 Å². The van der Waals surface area contributed by atoms with E-state index < -0.39 is 6.09 Å². The van der Waals surface area contributed by atoms with Gasteiger partial charge in [-0.2, -0.15) is 0 Å². The first kappa shape index (κ1) is 10.1. The van der Waals surface area contributed by atoms with Crippen LogP contribution in [0.5, 0.6) is 0 Å². The number of fused-ring (bicyclic) bond motifs is 1. The van der Waals surface area contributed by atoms with Crippen LogP contribution < -0.4 is 0 Å². The molecule has 0 aromatic carbocycles. The molecule has 1 N–H and O–H groups in total. The summed E-state index contributed by atoms with van der Waals surface area (Å²) in [4.78, 5) is 18.4. The first-order valence-corrected chi connectivity index (χ1v) is 6.45. The molecule has 4 nitrogen and oxygen atoms in total. The Balaban J connectivity index is 1.89. The molecule has 1 aromatic heterocycles. The quantitative estimate of drug-likeness (QED) is 0.817. The van der Waals surface area contributed by atoms with Crippen molar-refractivity contribution in [3.8, 4) is 0 Å². The molecule has 1 aliphatic heterocycles. The van der Waals surface area contributed by atoms with Crippen molar-refractivity contribution in [2.45, 2.75) is 44.7 Å². The third kappa shape index (κ3) is 1.59. The Morgan fingerprint density at radius 2 is 2.31 bits per heavy atom. The van der Waals surface area contributed by atoms with E-state index in [9.17, 15) is 4.79 Å². The van der Waals surface area contributed by atoms with Gasteiger partial charge in [0.2, 0.25) is 0 Å². The summed E-state index contributed by atoms with van der Waals surface area (Å²) in [6.07, 6.45) is 2.46. The molecule has 1 fully saturated rings. The third-order valence-electron chi connectivity index (χ3n) is 3.30. The van der Waals surface area contributed by atoms with Gasteiger partial charge in [-0.3, -0.25) is 0 Å². The van der Waals surface area contributed by atoms with E-state index >= 15 is 0 Å². The SMILES string of the molecule is C[C@@H]1Cc2nc(C3CC3)sc2CN1C(=O)O. The number of carboxylic acid groups (broad SMARTS) is 1. The minimum atomic E-state index is -0.820. The van der Waals surface area contributed by atoms with Crippen LogP contribution in [0.15, 0.2) is 0 Å². The fraction of sp³-hybridized carbons (Fsp3) is 0.636. The molecule has 0 radical (unpaired) electrons. The fourth-order valence-electron chi connectivity index (χ4n) is 2.15. The van der Waals surface area contributed by atoms with Crippen molar-refractivity contribution >= 4 is 17.4 Å². The van der Waals surface area contributed by atoms with Gasteiger partial charge in [0, 0.05) is 23.3 Å². The molecule has 0 bridgehead atoms. The highest BCUT2D eigenvalue weighted by atomic mass is 32.1. The van der Waals surface area contributed by atoms with Gasteiger partial charge < -0.3 is 10.0 Å². The average molecular weight is 238 g/mol. The predicted molar refractivity (Wildman–Crippen MR) is 60.8 cm³/mol. The molecular formula is C11H14N2O2S. The molecule has 16 heavy (non-hydrogen) atoms. The van der Waals surface area contributed by atoms with Crippen LogP contribution in [0.3, 0.4) is 0 Å². The molecule has 86 valence electrons. The number of rotatable bonds is 1. The van der Waals surface area contributed by atoms with E-state index in [2.05, 4.69) is 4.98 Å². The first-order chi connectivity index (χ1) is 7.65. The van der Waals surface area contributed by atoms with Crippen LogP contribution in [0, 0.1) is 0 Å². The molecule has 5 heteroatoms. The number of amides is 1. The monoisotopic (exact) mass is 238 g/mol. The van der Waals surface area contributed by atoms with E-state index in [0.717, 1.165) is 17.0 Å². The maximum Gasteiger partial charge on any atom is 0.407 e. The normalized spacial score (nSPS) is 24.3. The summed E-state index contributed by atoms with van der Waals surface area (Å²) in [5, 5.41) is 10.3. The topological polar surface area (TPSA) is 53.4 Å². The van der Waals surface area contributed by atoms with Crippen LogP contribution in [-0.4, -0.2) is 27.1 Å². The first-order valence-electron chi connectivity index (χ1n) is 5.63. The molecule has 1 amide bonds. The smallest absolute Gasteiger partial charge is 0.407 e. The highest BCUT2D eigenvalue weighted by Gasteiger charge is 2.33. The van der Waals surface area contributed by atoms with Crippen LogP contribution in [0.2, 0.25) is 0 Å². The van der Waals surface area contributed by atoms with Crippen LogP contribution >= 0.6 is 11.3 Å². The molecule has 2 heterocycles. The maximum atomic E-state index is 11.0. The fourth-order valence-corrected chi connectivity index (χ4v) is 3.41. The predicted octanol–water partition coefficient (Wildman–Crippen LogP) is 2.45. The maximum absolute atomic E-state index is 11.0. The largest absolute Gasteiger partial charge is 0.465 e. The summed E-state index contributed by atoms with van der Waals surface area (Å²) in [6.45, 7) is 2.48.